The van der Waals surface area contributed by atoms with Crippen LogP contribution in [0.5, 0.6) is 11.5 Å². The molecule has 1 aliphatic carbocycles. The largest absolute Gasteiger partial charge is 0.454 e. The van der Waals surface area contributed by atoms with Crippen molar-refractivity contribution in [3.05, 3.63) is 23.3 Å². The Kier molecular flexibility index (Phi) is 2.66. The number of rotatable bonds is 0. The summed E-state index contributed by atoms with van der Waals surface area (Å²) in [4.78, 5) is 2.08. The highest BCUT2D eigenvalue weighted by Gasteiger charge is 2.64. The number of aliphatic hydroxyl groups is 4. The summed E-state index contributed by atoms with van der Waals surface area (Å²) in [7, 11) is 0. The molecular weight excluding hydrogens is 302 g/mol. The van der Waals surface area contributed by atoms with Crippen LogP contribution in [-0.4, -0.2) is 68.6 Å². The molecule has 7 nitrogen and oxygen atoms in total. The number of aliphatic hydroxyl groups excluding tert-OH is 3. The summed E-state index contributed by atoms with van der Waals surface area (Å²) in [6.07, 6.45) is -3.49. The van der Waals surface area contributed by atoms with Crippen molar-refractivity contribution in [3.63, 3.8) is 0 Å². The first-order valence-corrected chi connectivity index (χ1v) is 7.94. The van der Waals surface area contributed by atoms with E-state index in [0.29, 0.717) is 31.0 Å². The van der Waals surface area contributed by atoms with Gasteiger partial charge in [-0.2, -0.15) is 0 Å². The van der Waals surface area contributed by atoms with E-state index in [1.807, 2.05) is 12.1 Å². The van der Waals surface area contributed by atoms with Crippen molar-refractivity contribution in [2.24, 2.45) is 0 Å². The quantitative estimate of drug-likeness (QED) is 0.482. The van der Waals surface area contributed by atoms with Gasteiger partial charge in [-0.15, -0.1) is 0 Å². The van der Waals surface area contributed by atoms with Gasteiger partial charge in [0.05, 0.1) is 12.1 Å². The Bertz CT molecular complexity index is 681. The molecule has 1 aromatic rings. The van der Waals surface area contributed by atoms with Crippen LogP contribution in [0.1, 0.15) is 23.5 Å². The maximum absolute atomic E-state index is 11.0. The average Bonchev–Trinajstić information content (AvgIpc) is 3.13. The van der Waals surface area contributed by atoms with E-state index in [2.05, 4.69) is 4.90 Å². The Balaban J connectivity index is 1.69. The molecular formula is C16H19NO6. The molecule has 124 valence electrons. The van der Waals surface area contributed by atoms with Crippen LogP contribution in [0.25, 0.3) is 0 Å². The van der Waals surface area contributed by atoms with Gasteiger partial charge in [-0.05, 0) is 29.7 Å². The second-order valence-corrected chi connectivity index (χ2v) is 7.01. The molecule has 3 heterocycles. The summed E-state index contributed by atoms with van der Waals surface area (Å²) < 4.78 is 10.9. The van der Waals surface area contributed by atoms with Crippen LogP contribution in [0.4, 0.5) is 0 Å². The van der Waals surface area contributed by atoms with Crippen LogP contribution in [0.2, 0.25) is 0 Å². The fourth-order valence-electron chi connectivity index (χ4n) is 4.87. The van der Waals surface area contributed by atoms with E-state index in [0.717, 1.165) is 11.1 Å². The first-order valence-electron chi connectivity index (χ1n) is 7.94. The van der Waals surface area contributed by atoms with Gasteiger partial charge in [0, 0.05) is 19.0 Å². The summed E-state index contributed by atoms with van der Waals surface area (Å²) in [5.74, 6) is 0.827. The van der Waals surface area contributed by atoms with Crippen LogP contribution in [0, 0.1) is 0 Å². The molecule has 5 rings (SSSR count). The number of nitrogens with zero attached hydrogens (tertiary/aromatic N) is 1. The molecule has 0 spiro atoms. The van der Waals surface area contributed by atoms with E-state index >= 15 is 0 Å². The van der Waals surface area contributed by atoms with Crippen molar-refractivity contribution in [1.82, 2.24) is 4.90 Å². The Morgan fingerprint density at radius 2 is 1.83 bits per heavy atom. The molecule has 2 fully saturated rings. The second kappa shape index (κ2) is 4.37. The molecule has 4 aliphatic rings. The predicted molar refractivity (Wildman–Crippen MR) is 77.1 cm³/mol. The lowest BCUT2D eigenvalue weighted by molar-refractivity contribution is -0.208. The van der Waals surface area contributed by atoms with Gasteiger partial charge in [0.25, 0.3) is 0 Å². The first-order chi connectivity index (χ1) is 11.0. The highest BCUT2D eigenvalue weighted by molar-refractivity contribution is 5.52. The first kappa shape index (κ1) is 14.0. The summed E-state index contributed by atoms with van der Waals surface area (Å²) >= 11 is 0. The van der Waals surface area contributed by atoms with Gasteiger partial charge in [-0.25, -0.2) is 0 Å². The van der Waals surface area contributed by atoms with Crippen LogP contribution < -0.4 is 9.47 Å². The molecule has 1 saturated heterocycles. The zero-order valence-electron chi connectivity index (χ0n) is 12.4. The smallest absolute Gasteiger partial charge is 0.231 e. The normalized spacial score (nSPS) is 44.1. The van der Waals surface area contributed by atoms with Crippen LogP contribution in [0.15, 0.2) is 12.1 Å². The third-order valence-electron chi connectivity index (χ3n) is 5.97. The van der Waals surface area contributed by atoms with Crippen LogP contribution >= 0.6 is 0 Å². The van der Waals surface area contributed by atoms with Crippen molar-refractivity contribution in [1.29, 1.82) is 0 Å². The zero-order chi connectivity index (χ0) is 15.9. The molecule has 1 aromatic carbocycles. The van der Waals surface area contributed by atoms with Crippen LogP contribution in [-0.2, 0) is 6.54 Å². The molecule has 0 aromatic heterocycles. The molecule has 6 atom stereocenters. The SMILES string of the molecule is O[C@@H]1[C@@H](O)[C@H](O)[C@@]2(O)CCN3Cc4cc5c(cc4[C@H]1[C@H]32)OCO5. The minimum absolute atomic E-state index is 0.171. The van der Waals surface area contributed by atoms with E-state index in [1.165, 1.54) is 0 Å². The van der Waals surface area contributed by atoms with Crippen molar-refractivity contribution in [2.75, 3.05) is 13.3 Å². The third-order valence-corrected chi connectivity index (χ3v) is 5.97. The molecule has 23 heavy (non-hydrogen) atoms. The lowest BCUT2D eigenvalue weighted by Gasteiger charge is -2.53. The van der Waals surface area contributed by atoms with Gasteiger partial charge in [-0.3, -0.25) is 4.90 Å². The maximum atomic E-state index is 11.0. The lowest BCUT2D eigenvalue weighted by Crippen LogP contribution is -2.69. The van der Waals surface area contributed by atoms with E-state index in [9.17, 15) is 20.4 Å². The summed E-state index contributed by atoms with van der Waals surface area (Å²) in [5, 5.41) is 42.1. The number of hydrogen-bond donors (Lipinski definition) is 4. The molecule has 1 saturated carbocycles. The average molecular weight is 321 g/mol. The molecule has 0 amide bonds. The molecule has 0 unspecified atom stereocenters. The minimum atomic E-state index is -1.41. The van der Waals surface area contributed by atoms with Crippen molar-refractivity contribution in [3.8, 4) is 11.5 Å². The zero-order valence-corrected chi connectivity index (χ0v) is 12.4. The number of hydrogen-bond acceptors (Lipinski definition) is 7. The second-order valence-electron chi connectivity index (χ2n) is 7.01. The Hall–Kier alpha value is -1.38. The van der Waals surface area contributed by atoms with Gasteiger partial charge in [0.1, 0.15) is 17.8 Å². The van der Waals surface area contributed by atoms with E-state index in [1.54, 1.807) is 0 Å². The summed E-state index contributed by atoms with van der Waals surface area (Å²) in [5.41, 5.74) is 0.453. The Morgan fingerprint density at radius 1 is 1.09 bits per heavy atom. The van der Waals surface area contributed by atoms with E-state index < -0.39 is 35.9 Å². The van der Waals surface area contributed by atoms with E-state index in [-0.39, 0.29) is 6.79 Å². The highest BCUT2D eigenvalue weighted by Crippen LogP contribution is 2.53. The predicted octanol–water partition coefficient (Wildman–Crippen LogP) is -1.09. The van der Waals surface area contributed by atoms with Crippen molar-refractivity contribution < 1.29 is 29.9 Å². The summed E-state index contributed by atoms with van der Waals surface area (Å²) in [6, 6.07) is 3.34. The number of fused-ring (bicyclic) bond motifs is 3. The van der Waals surface area contributed by atoms with Crippen molar-refractivity contribution in [2.45, 2.75) is 48.8 Å². The Labute approximate surface area is 132 Å². The van der Waals surface area contributed by atoms with Gasteiger partial charge >= 0.3 is 0 Å². The van der Waals surface area contributed by atoms with E-state index in [4.69, 9.17) is 9.47 Å². The topological polar surface area (TPSA) is 103 Å². The monoisotopic (exact) mass is 321 g/mol. The fraction of sp³-hybridized carbons (Fsp3) is 0.625. The minimum Gasteiger partial charge on any atom is -0.454 e. The van der Waals surface area contributed by atoms with Crippen LogP contribution in [0.3, 0.4) is 0 Å². The van der Waals surface area contributed by atoms with Gasteiger partial charge in [0.2, 0.25) is 6.79 Å². The molecule has 7 heteroatoms. The molecule has 3 aliphatic heterocycles. The lowest BCUT2D eigenvalue weighted by atomic mass is 9.65. The molecule has 0 bridgehead atoms. The Morgan fingerprint density at radius 3 is 2.61 bits per heavy atom. The number of ether oxygens (including phenoxy) is 2. The van der Waals surface area contributed by atoms with Gasteiger partial charge in [-0.1, -0.05) is 0 Å². The van der Waals surface area contributed by atoms with Gasteiger partial charge in [0.15, 0.2) is 11.5 Å². The fourth-order valence-corrected chi connectivity index (χ4v) is 4.87. The standard InChI is InChI=1S/C16H19NO6/c18-12-11-8-4-10-9(22-6-23-10)3-7(8)5-17-2-1-16(21,14(11)17)15(20)13(12)19/h3-4,11-15,18-21H,1-2,5-6H2/t11-,12+,13-,14+,15+,16-/m1/s1. The maximum Gasteiger partial charge on any atom is 0.231 e. The van der Waals surface area contributed by atoms with Crippen molar-refractivity contribution >= 4 is 0 Å². The summed E-state index contributed by atoms with van der Waals surface area (Å²) in [6.45, 7) is 1.40. The highest BCUT2D eigenvalue weighted by atomic mass is 16.7. The molecule has 0 radical (unpaired) electrons. The molecule has 4 N–H and O–H groups in total. The number of benzene rings is 1. The third kappa shape index (κ3) is 1.61. The van der Waals surface area contributed by atoms with Gasteiger partial charge < -0.3 is 29.9 Å².